The zero-order valence-corrected chi connectivity index (χ0v) is 9.08. The zero-order chi connectivity index (χ0) is 10.5. The van der Waals surface area contributed by atoms with Gasteiger partial charge in [0.15, 0.2) is 0 Å². The molecule has 1 fully saturated rings. The third-order valence-corrected chi connectivity index (χ3v) is 2.81. The van der Waals surface area contributed by atoms with E-state index in [1.807, 2.05) is 0 Å². The second kappa shape index (κ2) is 5.03. The molecule has 15 heavy (non-hydrogen) atoms. The van der Waals surface area contributed by atoms with E-state index in [-0.39, 0.29) is 0 Å². The molecule has 0 atom stereocenters. The van der Waals surface area contributed by atoms with Crippen molar-refractivity contribution in [3.63, 3.8) is 0 Å². The molecule has 82 valence electrons. The molecule has 0 aromatic heterocycles. The molecule has 0 spiro atoms. The molecule has 2 rings (SSSR count). The average molecular weight is 205 g/mol. The van der Waals surface area contributed by atoms with Crippen LogP contribution in [-0.4, -0.2) is 26.2 Å². The topological polar surface area (TPSA) is 41.3 Å². The van der Waals surface area contributed by atoms with Gasteiger partial charge in [-0.2, -0.15) is 0 Å². The summed E-state index contributed by atoms with van der Waals surface area (Å²) in [6, 6.07) is 8.63. The Morgan fingerprint density at radius 1 is 1.13 bits per heavy atom. The maximum atomic E-state index is 5.44. The highest BCUT2D eigenvalue weighted by molar-refractivity contribution is 5.55. The number of hydrogen-bond donors (Lipinski definition) is 2. The summed E-state index contributed by atoms with van der Waals surface area (Å²) in [5, 5.41) is 3.27. The van der Waals surface area contributed by atoms with E-state index in [2.05, 4.69) is 34.5 Å². The van der Waals surface area contributed by atoms with Crippen molar-refractivity contribution in [2.24, 2.45) is 5.73 Å². The van der Waals surface area contributed by atoms with Crippen molar-refractivity contribution in [3.8, 4) is 0 Å². The summed E-state index contributed by atoms with van der Waals surface area (Å²) >= 11 is 0. The molecule has 1 aliphatic rings. The van der Waals surface area contributed by atoms with E-state index in [9.17, 15) is 0 Å². The van der Waals surface area contributed by atoms with Crippen molar-refractivity contribution in [2.45, 2.75) is 12.8 Å². The van der Waals surface area contributed by atoms with Gasteiger partial charge in [-0.15, -0.1) is 0 Å². The largest absolute Gasteiger partial charge is 0.384 e. The van der Waals surface area contributed by atoms with Crippen LogP contribution in [0.15, 0.2) is 24.3 Å². The first kappa shape index (κ1) is 10.3. The minimum atomic E-state index is 0.674. The summed E-state index contributed by atoms with van der Waals surface area (Å²) < 4.78 is 0. The van der Waals surface area contributed by atoms with E-state index >= 15 is 0 Å². The number of benzene rings is 1. The molecule has 3 nitrogen and oxygen atoms in total. The summed E-state index contributed by atoms with van der Waals surface area (Å²) in [6.45, 7) is 3.92. The molecule has 1 aromatic rings. The van der Waals surface area contributed by atoms with Crippen LogP contribution in [0.4, 0.5) is 11.4 Å². The minimum absolute atomic E-state index is 0.674. The van der Waals surface area contributed by atoms with Gasteiger partial charge < -0.3 is 16.0 Å². The van der Waals surface area contributed by atoms with Gasteiger partial charge in [-0.05, 0) is 37.1 Å². The lowest BCUT2D eigenvalue weighted by Gasteiger charge is -2.17. The van der Waals surface area contributed by atoms with Crippen LogP contribution < -0.4 is 16.0 Å². The van der Waals surface area contributed by atoms with Gasteiger partial charge in [-0.1, -0.05) is 0 Å². The van der Waals surface area contributed by atoms with Gasteiger partial charge in [-0.3, -0.25) is 0 Å². The van der Waals surface area contributed by atoms with Crippen LogP contribution in [0.2, 0.25) is 0 Å². The summed E-state index contributed by atoms with van der Waals surface area (Å²) in [7, 11) is 0. The van der Waals surface area contributed by atoms with E-state index in [1.54, 1.807) is 0 Å². The number of rotatable bonds is 4. The van der Waals surface area contributed by atoms with Gasteiger partial charge in [0.1, 0.15) is 0 Å². The van der Waals surface area contributed by atoms with Crippen LogP contribution >= 0.6 is 0 Å². The Morgan fingerprint density at radius 2 is 1.80 bits per heavy atom. The fraction of sp³-hybridized carbons (Fsp3) is 0.500. The molecule has 1 aliphatic heterocycles. The highest BCUT2D eigenvalue weighted by Crippen LogP contribution is 2.21. The van der Waals surface area contributed by atoms with Crippen molar-refractivity contribution in [3.05, 3.63) is 24.3 Å². The van der Waals surface area contributed by atoms with E-state index in [1.165, 1.54) is 31.6 Å². The van der Waals surface area contributed by atoms with Crippen molar-refractivity contribution in [1.29, 1.82) is 0 Å². The van der Waals surface area contributed by atoms with Crippen LogP contribution in [0.5, 0.6) is 0 Å². The molecular formula is C12H19N3. The van der Waals surface area contributed by atoms with Gasteiger partial charge in [0.25, 0.3) is 0 Å². The fourth-order valence-corrected chi connectivity index (χ4v) is 1.98. The molecule has 1 saturated heterocycles. The molecule has 1 aromatic carbocycles. The minimum Gasteiger partial charge on any atom is -0.384 e. The van der Waals surface area contributed by atoms with E-state index in [4.69, 9.17) is 5.73 Å². The Hall–Kier alpha value is -1.22. The monoisotopic (exact) mass is 205 g/mol. The summed E-state index contributed by atoms with van der Waals surface area (Å²) in [6.07, 6.45) is 2.65. The highest BCUT2D eigenvalue weighted by atomic mass is 15.1. The summed E-state index contributed by atoms with van der Waals surface area (Å²) in [4.78, 5) is 2.44. The van der Waals surface area contributed by atoms with Crippen LogP contribution in [0.25, 0.3) is 0 Å². The van der Waals surface area contributed by atoms with Crippen molar-refractivity contribution in [2.75, 3.05) is 36.4 Å². The Bertz CT molecular complexity index is 288. The SMILES string of the molecule is NCCNc1ccc(N2CCCC2)cc1. The molecule has 0 radical (unpaired) electrons. The van der Waals surface area contributed by atoms with E-state index in [0.717, 1.165) is 12.2 Å². The molecule has 0 amide bonds. The number of hydrogen-bond acceptors (Lipinski definition) is 3. The molecule has 3 N–H and O–H groups in total. The average Bonchev–Trinajstić information content (AvgIpc) is 2.80. The third-order valence-electron chi connectivity index (χ3n) is 2.81. The lowest BCUT2D eigenvalue weighted by atomic mass is 10.2. The summed E-state index contributed by atoms with van der Waals surface area (Å²) in [5.41, 5.74) is 7.93. The second-order valence-electron chi connectivity index (χ2n) is 3.96. The predicted octanol–water partition coefficient (Wildman–Crippen LogP) is 1.66. The number of nitrogens with two attached hydrogens (primary N) is 1. The number of anilines is 2. The lowest BCUT2D eigenvalue weighted by Crippen LogP contribution is -2.17. The first-order valence-corrected chi connectivity index (χ1v) is 5.69. The maximum Gasteiger partial charge on any atom is 0.0367 e. The fourth-order valence-electron chi connectivity index (χ4n) is 1.98. The number of nitrogens with zero attached hydrogens (tertiary/aromatic N) is 1. The number of nitrogens with one attached hydrogen (secondary N) is 1. The Labute approximate surface area is 91.3 Å². The standard InChI is InChI=1S/C12H19N3/c13-7-8-14-11-3-5-12(6-4-11)15-9-1-2-10-15/h3-6,14H,1-2,7-10,13H2. The van der Waals surface area contributed by atoms with E-state index in [0.29, 0.717) is 6.54 Å². The molecule has 0 bridgehead atoms. The molecule has 0 aliphatic carbocycles. The predicted molar refractivity (Wildman–Crippen MR) is 65.4 cm³/mol. The maximum absolute atomic E-state index is 5.44. The molecule has 1 heterocycles. The second-order valence-corrected chi connectivity index (χ2v) is 3.96. The van der Waals surface area contributed by atoms with Crippen LogP contribution in [-0.2, 0) is 0 Å². The van der Waals surface area contributed by atoms with Crippen LogP contribution in [0.3, 0.4) is 0 Å². The van der Waals surface area contributed by atoms with E-state index < -0.39 is 0 Å². The lowest BCUT2D eigenvalue weighted by molar-refractivity contribution is 0.949. The van der Waals surface area contributed by atoms with Crippen LogP contribution in [0, 0.1) is 0 Å². The Balaban J connectivity index is 1.96. The zero-order valence-electron chi connectivity index (χ0n) is 9.08. The summed E-state index contributed by atoms with van der Waals surface area (Å²) in [5.74, 6) is 0. The van der Waals surface area contributed by atoms with Gasteiger partial charge >= 0.3 is 0 Å². The molecular weight excluding hydrogens is 186 g/mol. The normalized spacial score (nSPS) is 15.7. The van der Waals surface area contributed by atoms with Gasteiger partial charge in [0, 0.05) is 37.6 Å². The smallest absolute Gasteiger partial charge is 0.0367 e. The van der Waals surface area contributed by atoms with Crippen molar-refractivity contribution < 1.29 is 0 Å². The van der Waals surface area contributed by atoms with Gasteiger partial charge in [0.2, 0.25) is 0 Å². The first-order chi connectivity index (χ1) is 7.40. The van der Waals surface area contributed by atoms with Gasteiger partial charge in [0.05, 0.1) is 0 Å². The highest BCUT2D eigenvalue weighted by Gasteiger charge is 2.11. The van der Waals surface area contributed by atoms with Crippen molar-refractivity contribution >= 4 is 11.4 Å². The quantitative estimate of drug-likeness (QED) is 0.785. The molecule has 0 unspecified atom stereocenters. The molecule has 3 heteroatoms. The Morgan fingerprint density at radius 3 is 2.40 bits per heavy atom. The first-order valence-electron chi connectivity index (χ1n) is 5.69. The van der Waals surface area contributed by atoms with Crippen molar-refractivity contribution in [1.82, 2.24) is 0 Å². The van der Waals surface area contributed by atoms with Crippen LogP contribution in [0.1, 0.15) is 12.8 Å². The molecule has 0 saturated carbocycles. The van der Waals surface area contributed by atoms with Gasteiger partial charge in [-0.25, -0.2) is 0 Å². The third kappa shape index (κ3) is 2.63. The Kier molecular flexibility index (Phi) is 3.45.